The molecule has 4 aromatic rings. The molecule has 4 heterocycles. The molecule has 0 bridgehead atoms. The number of aromatic nitrogens is 5. The van der Waals surface area contributed by atoms with Crippen molar-refractivity contribution in [2.24, 2.45) is 0 Å². The molecule has 9 heteroatoms. The summed E-state index contributed by atoms with van der Waals surface area (Å²) in [6, 6.07) is 7.25. The van der Waals surface area contributed by atoms with Crippen LogP contribution in [0.4, 0.5) is 0 Å². The summed E-state index contributed by atoms with van der Waals surface area (Å²) in [5.74, 6) is 7.70. The molecule has 0 aliphatic rings. The lowest BCUT2D eigenvalue weighted by molar-refractivity contribution is 0.574. The van der Waals surface area contributed by atoms with Gasteiger partial charge in [0, 0.05) is 18.1 Å². The number of furan rings is 1. The van der Waals surface area contributed by atoms with Crippen LogP contribution >= 0.6 is 23.4 Å². The van der Waals surface area contributed by atoms with Crippen LogP contribution < -0.4 is 5.84 Å². The standard InChI is InChI=1S/C14H11ClN6OS/c15-9-3-4-12-17-10(7-20(12)6-9)8-23-14-19-18-13(21(14)16)11-2-1-5-22-11/h1-7H,8,16H2. The minimum absolute atomic E-state index is 0.485. The van der Waals surface area contributed by atoms with E-state index in [9.17, 15) is 0 Å². The molecule has 0 aromatic carbocycles. The lowest BCUT2D eigenvalue weighted by atomic mass is 10.4. The second kappa shape index (κ2) is 5.64. The van der Waals surface area contributed by atoms with Gasteiger partial charge >= 0.3 is 0 Å². The molecule has 7 nitrogen and oxygen atoms in total. The molecule has 23 heavy (non-hydrogen) atoms. The van der Waals surface area contributed by atoms with Gasteiger partial charge in [-0.25, -0.2) is 9.66 Å². The van der Waals surface area contributed by atoms with Crippen LogP contribution in [0.1, 0.15) is 5.69 Å². The van der Waals surface area contributed by atoms with Crippen molar-refractivity contribution in [1.29, 1.82) is 0 Å². The maximum Gasteiger partial charge on any atom is 0.218 e. The first-order valence-electron chi connectivity index (χ1n) is 6.71. The molecule has 0 saturated carbocycles. The number of imidazole rings is 1. The third-order valence-electron chi connectivity index (χ3n) is 3.22. The number of nitrogens with zero attached hydrogens (tertiary/aromatic N) is 5. The Morgan fingerprint density at radius 2 is 2.13 bits per heavy atom. The van der Waals surface area contributed by atoms with Crippen LogP contribution in [0.3, 0.4) is 0 Å². The predicted molar refractivity (Wildman–Crippen MR) is 87.6 cm³/mol. The van der Waals surface area contributed by atoms with Gasteiger partial charge in [0.15, 0.2) is 5.76 Å². The van der Waals surface area contributed by atoms with E-state index < -0.39 is 0 Å². The van der Waals surface area contributed by atoms with Crippen LogP contribution in [-0.4, -0.2) is 24.3 Å². The highest BCUT2D eigenvalue weighted by atomic mass is 35.5. The van der Waals surface area contributed by atoms with Crippen molar-refractivity contribution in [3.63, 3.8) is 0 Å². The van der Waals surface area contributed by atoms with E-state index in [0.29, 0.717) is 27.5 Å². The van der Waals surface area contributed by atoms with Gasteiger partial charge in [-0.2, -0.15) is 0 Å². The van der Waals surface area contributed by atoms with Crippen molar-refractivity contribution in [1.82, 2.24) is 24.3 Å². The summed E-state index contributed by atoms with van der Waals surface area (Å²) in [5, 5.41) is 9.40. The van der Waals surface area contributed by atoms with Gasteiger partial charge in [-0.1, -0.05) is 23.4 Å². The second-order valence-corrected chi connectivity index (χ2v) is 6.17. The van der Waals surface area contributed by atoms with Crippen molar-refractivity contribution in [2.45, 2.75) is 10.9 Å². The van der Waals surface area contributed by atoms with Crippen molar-refractivity contribution < 1.29 is 4.42 Å². The highest BCUT2D eigenvalue weighted by molar-refractivity contribution is 7.98. The molecule has 0 radical (unpaired) electrons. The zero-order valence-electron chi connectivity index (χ0n) is 11.8. The highest BCUT2D eigenvalue weighted by Gasteiger charge is 2.14. The third kappa shape index (κ3) is 2.66. The molecule has 0 aliphatic heterocycles. The first kappa shape index (κ1) is 14.2. The van der Waals surface area contributed by atoms with E-state index in [2.05, 4.69) is 15.2 Å². The van der Waals surface area contributed by atoms with Crippen LogP contribution in [0.15, 0.2) is 52.5 Å². The summed E-state index contributed by atoms with van der Waals surface area (Å²) in [6.45, 7) is 0. The molecule has 0 atom stereocenters. The summed E-state index contributed by atoms with van der Waals surface area (Å²) in [7, 11) is 0. The lowest BCUT2D eigenvalue weighted by Gasteiger charge is -2.00. The second-order valence-electron chi connectivity index (χ2n) is 4.79. The maximum atomic E-state index is 6.02. The predicted octanol–water partition coefficient (Wildman–Crippen LogP) is 2.85. The van der Waals surface area contributed by atoms with Crippen molar-refractivity contribution in [2.75, 3.05) is 5.84 Å². The Bertz CT molecular complexity index is 961. The molecule has 4 aromatic heterocycles. The summed E-state index contributed by atoms with van der Waals surface area (Å²) < 4.78 is 8.59. The van der Waals surface area contributed by atoms with E-state index in [0.717, 1.165) is 11.3 Å². The quantitative estimate of drug-likeness (QED) is 0.451. The molecule has 0 amide bonds. The fourth-order valence-electron chi connectivity index (χ4n) is 2.17. The number of nitrogens with two attached hydrogens (primary N) is 1. The van der Waals surface area contributed by atoms with Crippen LogP contribution in [0.2, 0.25) is 5.02 Å². The van der Waals surface area contributed by atoms with Crippen LogP contribution in [0.5, 0.6) is 0 Å². The molecule has 0 aliphatic carbocycles. The Hall–Kier alpha value is -2.45. The number of nitrogen functional groups attached to an aromatic ring is 1. The topological polar surface area (TPSA) is 87.2 Å². The Kier molecular flexibility index (Phi) is 3.47. The zero-order valence-corrected chi connectivity index (χ0v) is 13.3. The monoisotopic (exact) mass is 346 g/mol. The summed E-state index contributed by atoms with van der Waals surface area (Å²) in [4.78, 5) is 4.52. The summed E-state index contributed by atoms with van der Waals surface area (Å²) >= 11 is 7.42. The molecule has 0 fully saturated rings. The molecule has 0 saturated heterocycles. The number of hydrogen-bond donors (Lipinski definition) is 1. The van der Waals surface area contributed by atoms with Crippen LogP contribution in [0.25, 0.3) is 17.2 Å². The fraction of sp³-hybridized carbons (Fsp3) is 0.0714. The normalized spacial score (nSPS) is 11.3. The molecular formula is C14H11ClN6OS. The first-order chi connectivity index (χ1) is 11.2. The molecular weight excluding hydrogens is 336 g/mol. The number of fused-ring (bicyclic) bond motifs is 1. The molecule has 116 valence electrons. The smallest absolute Gasteiger partial charge is 0.218 e. The third-order valence-corrected chi connectivity index (χ3v) is 4.42. The molecule has 0 spiro atoms. The number of rotatable bonds is 4. The van der Waals surface area contributed by atoms with Crippen LogP contribution in [-0.2, 0) is 5.75 Å². The largest absolute Gasteiger partial charge is 0.461 e. The van der Waals surface area contributed by atoms with E-state index >= 15 is 0 Å². The van der Waals surface area contributed by atoms with Gasteiger partial charge in [0.05, 0.1) is 17.0 Å². The Morgan fingerprint density at radius 1 is 1.22 bits per heavy atom. The first-order valence-corrected chi connectivity index (χ1v) is 8.07. The number of thioether (sulfide) groups is 1. The zero-order chi connectivity index (χ0) is 15.8. The summed E-state index contributed by atoms with van der Waals surface area (Å²) in [6.07, 6.45) is 5.32. The van der Waals surface area contributed by atoms with E-state index in [1.54, 1.807) is 18.4 Å². The van der Waals surface area contributed by atoms with Gasteiger partial charge in [0.2, 0.25) is 11.0 Å². The lowest BCUT2D eigenvalue weighted by Crippen LogP contribution is -2.11. The molecule has 4 rings (SSSR count). The van der Waals surface area contributed by atoms with Gasteiger partial charge in [-0.15, -0.1) is 10.2 Å². The van der Waals surface area contributed by atoms with E-state index in [1.165, 1.54) is 16.4 Å². The molecule has 2 N–H and O–H groups in total. The van der Waals surface area contributed by atoms with Gasteiger partial charge in [0.25, 0.3) is 0 Å². The number of hydrogen-bond acceptors (Lipinski definition) is 6. The van der Waals surface area contributed by atoms with E-state index in [-0.39, 0.29) is 0 Å². The van der Waals surface area contributed by atoms with Crippen molar-refractivity contribution in [3.8, 4) is 11.6 Å². The highest BCUT2D eigenvalue weighted by Crippen LogP contribution is 2.24. The minimum atomic E-state index is 0.485. The summed E-state index contributed by atoms with van der Waals surface area (Å²) in [5.41, 5.74) is 1.75. The van der Waals surface area contributed by atoms with E-state index in [4.69, 9.17) is 21.9 Å². The van der Waals surface area contributed by atoms with Gasteiger partial charge in [-0.05, 0) is 24.3 Å². The Morgan fingerprint density at radius 3 is 2.96 bits per heavy atom. The average Bonchev–Trinajstić information content (AvgIpc) is 3.24. The van der Waals surface area contributed by atoms with Gasteiger partial charge in [0.1, 0.15) is 5.65 Å². The Balaban J connectivity index is 1.54. The Labute approximate surface area is 140 Å². The average molecular weight is 347 g/mol. The fourth-order valence-corrected chi connectivity index (χ4v) is 3.08. The van der Waals surface area contributed by atoms with Gasteiger partial charge in [-0.3, -0.25) is 0 Å². The van der Waals surface area contributed by atoms with Crippen molar-refractivity contribution >= 4 is 29.0 Å². The number of pyridine rings is 1. The SMILES string of the molecule is Nn1c(SCc2cn3cc(Cl)ccc3n2)nnc1-c1ccco1. The van der Waals surface area contributed by atoms with Gasteiger partial charge < -0.3 is 14.7 Å². The minimum Gasteiger partial charge on any atom is -0.461 e. The van der Waals surface area contributed by atoms with Crippen molar-refractivity contribution in [3.05, 3.63) is 53.6 Å². The molecule has 0 unspecified atom stereocenters. The van der Waals surface area contributed by atoms with Crippen LogP contribution in [0, 0.1) is 0 Å². The van der Waals surface area contributed by atoms with E-state index in [1.807, 2.05) is 28.9 Å². The number of halogens is 1. The maximum absolute atomic E-state index is 6.02.